The van der Waals surface area contributed by atoms with Gasteiger partial charge in [-0.3, -0.25) is 0 Å². The molecule has 4 nitrogen and oxygen atoms in total. The second-order valence-electron chi connectivity index (χ2n) is 4.68. The van der Waals surface area contributed by atoms with Gasteiger partial charge in [0.1, 0.15) is 16.0 Å². The largest absolute Gasteiger partial charge is 0.495 e. The molecule has 0 radical (unpaired) electrons. The van der Waals surface area contributed by atoms with Crippen LogP contribution in [0.4, 0.5) is 0 Å². The molecule has 0 bridgehead atoms. The fourth-order valence-electron chi connectivity index (χ4n) is 2.45. The van der Waals surface area contributed by atoms with Crippen LogP contribution in [0.25, 0.3) is 0 Å². The van der Waals surface area contributed by atoms with Crippen molar-refractivity contribution in [2.45, 2.75) is 31.4 Å². The van der Waals surface area contributed by atoms with Crippen molar-refractivity contribution in [3.05, 3.63) is 22.2 Å². The van der Waals surface area contributed by atoms with Crippen LogP contribution in [0.15, 0.2) is 16.6 Å². The van der Waals surface area contributed by atoms with E-state index in [9.17, 15) is 0 Å². The lowest BCUT2D eigenvalue weighted by atomic mass is 9.99. The summed E-state index contributed by atoms with van der Waals surface area (Å²) >= 11 is 3.50. The zero-order valence-electron chi connectivity index (χ0n) is 11.3. The van der Waals surface area contributed by atoms with Gasteiger partial charge < -0.3 is 19.9 Å². The third-order valence-electron chi connectivity index (χ3n) is 3.46. The van der Waals surface area contributed by atoms with Crippen molar-refractivity contribution < 1.29 is 14.2 Å². The Bertz CT molecular complexity index is 433. The van der Waals surface area contributed by atoms with E-state index in [4.69, 9.17) is 19.9 Å². The van der Waals surface area contributed by atoms with Crippen molar-refractivity contribution in [3.8, 4) is 11.5 Å². The van der Waals surface area contributed by atoms with Crippen molar-refractivity contribution in [3.63, 3.8) is 0 Å². The van der Waals surface area contributed by atoms with Crippen LogP contribution in [0.2, 0.25) is 0 Å². The molecule has 1 saturated heterocycles. The summed E-state index contributed by atoms with van der Waals surface area (Å²) in [5.74, 6) is 1.48. The predicted molar refractivity (Wildman–Crippen MR) is 77.8 cm³/mol. The number of rotatable bonds is 5. The minimum Gasteiger partial charge on any atom is -0.495 e. The molecule has 1 fully saturated rings. The van der Waals surface area contributed by atoms with Crippen LogP contribution >= 0.6 is 15.9 Å². The summed E-state index contributed by atoms with van der Waals surface area (Å²) in [5.41, 5.74) is 7.27. The fourth-order valence-corrected chi connectivity index (χ4v) is 3.14. The molecule has 0 saturated carbocycles. The summed E-state index contributed by atoms with van der Waals surface area (Å²) in [5, 5.41) is 0. The third kappa shape index (κ3) is 3.22. The van der Waals surface area contributed by atoms with Gasteiger partial charge in [0.25, 0.3) is 0 Å². The fraction of sp³-hybridized carbons (Fsp3) is 0.571. The zero-order chi connectivity index (χ0) is 13.8. The van der Waals surface area contributed by atoms with Crippen LogP contribution in [-0.4, -0.2) is 26.9 Å². The number of nitrogens with two attached hydrogens (primary N) is 1. The van der Waals surface area contributed by atoms with Crippen molar-refractivity contribution >= 4 is 15.9 Å². The average Bonchev–Trinajstić information content (AvgIpc) is 2.91. The highest BCUT2D eigenvalue weighted by Gasteiger charge is 2.23. The lowest BCUT2D eigenvalue weighted by Crippen LogP contribution is -2.19. The Kier molecular flexibility index (Phi) is 5.07. The van der Waals surface area contributed by atoms with Gasteiger partial charge in [-0.2, -0.15) is 0 Å². The number of halogens is 1. The summed E-state index contributed by atoms with van der Waals surface area (Å²) in [6.45, 7) is 0.848. The second kappa shape index (κ2) is 6.59. The van der Waals surface area contributed by atoms with E-state index >= 15 is 0 Å². The maximum Gasteiger partial charge on any atom is 0.141 e. The Morgan fingerprint density at radius 1 is 1.42 bits per heavy atom. The van der Waals surface area contributed by atoms with E-state index in [-0.39, 0.29) is 12.1 Å². The van der Waals surface area contributed by atoms with Gasteiger partial charge in [-0.25, -0.2) is 0 Å². The molecule has 0 aromatic heterocycles. The average molecular weight is 330 g/mol. The van der Waals surface area contributed by atoms with Crippen LogP contribution < -0.4 is 15.2 Å². The molecule has 2 rings (SSSR count). The Hall–Kier alpha value is -0.780. The van der Waals surface area contributed by atoms with E-state index in [1.807, 2.05) is 12.1 Å². The highest BCUT2D eigenvalue weighted by Crippen LogP contribution is 2.40. The molecule has 2 unspecified atom stereocenters. The number of ether oxygens (including phenoxy) is 3. The third-order valence-corrected chi connectivity index (χ3v) is 4.21. The van der Waals surface area contributed by atoms with Gasteiger partial charge in [0.05, 0.1) is 20.3 Å². The van der Waals surface area contributed by atoms with Crippen LogP contribution in [0.1, 0.15) is 30.9 Å². The minimum absolute atomic E-state index is 0.0970. The van der Waals surface area contributed by atoms with Gasteiger partial charge in [0.15, 0.2) is 0 Å². The van der Waals surface area contributed by atoms with E-state index in [1.165, 1.54) is 0 Å². The van der Waals surface area contributed by atoms with Crippen molar-refractivity contribution in [2.24, 2.45) is 5.73 Å². The van der Waals surface area contributed by atoms with Crippen molar-refractivity contribution in [1.29, 1.82) is 0 Å². The molecule has 5 heteroatoms. The summed E-state index contributed by atoms with van der Waals surface area (Å²) in [4.78, 5) is 0. The lowest BCUT2D eigenvalue weighted by Gasteiger charge is -2.20. The molecule has 0 amide bonds. The van der Waals surface area contributed by atoms with Crippen LogP contribution in [0.3, 0.4) is 0 Å². The Morgan fingerprint density at radius 3 is 2.79 bits per heavy atom. The molecule has 1 aliphatic heterocycles. The molecule has 0 spiro atoms. The maximum absolute atomic E-state index is 6.29. The summed E-state index contributed by atoms with van der Waals surface area (Å²) in [6.07, 6.45) is 3.30. The van der Waals surface area contributed by atoms with E-state index in [0.29, 0.717) is 0 Å². The molecule has 19 heavy (non-hydrogen) atoms. The van der Waals surface area contributed by atoms with Gasteiger partial charge in [-0.05, 0) is 47.3 Å². The van der Waals surface area contributed by atoms with Crippen LogP contribution in [0.5, 0.6) is 11.5 Å². The zero-order valence-corrected chi connectivity index (χ0v) is 12.9. The first-order valence-corrected chi connectivity index (χ1v) is 7.24. The van der Waals surface area contributed by atoms with Gasteiger partial charge in [0, 0.05) is 18.2 Å². The number of hydrogen-bond acceptors (Lipinski definition) is 4. The molecular formula is C14H20BrNO3. The van der Waals surface area contributed by atoms with Gasteiger partial charge in [-0.15, -0.1) is 0 Å². The monoisotopic (exact) mass is 329 g/mol. The van der Waals surface area contributed by atoms with Crippen LogP contribution in [0, 0.1) is 0 Å². The summed E-state index contributed by atoms with van der Waals surface area (Å²) in [7, 11) is 3.27. The smallest absolute Gasteiger partial charge is 0.141 e. The molecule has 1 aromatic rings. The van der Waals surface area contributed by atoms with Crippen molar-refractivity contribution in [1.82, 2.24) is 0 Å². The quantitative estimate of drug-likeness (QED) is 0.902. The predicted octanol–water partition coefficient (Wildman–Crippen LogP) is 3.04. The standard InChI is InChI=1S/C14H20BrNO3/c1-17-12-6-5-10(14(18-2)13(12)15)11(16)8-9-4-3-7-19-9/h5-6,9,11H,3-4,7-8,16H2,1-2H3. The Balaban J connectivity index is 2.20. The highest BCUT2D eigenvalue weighted by molar-refractivity contribution is 9.10. The van der Waals surface area contributed by atoms with E-state index < -0.39 is 0 Å². The highest BCUT2D eigenvalue weighted by atomic mass is 79.9. The molecule has 1 aliphatic rings. The van der Waals surface area contributed by atoms with Gasteiger partial charge >= 0.3 is 0 Å². The maximum atomic E-state index is 6.29. The Labute approximate surface area is 122 Å². The summed E-state index contributed by atoms with van der Waals surface area (Å²) in [6, 6.07) is 3.76. The molecule has 0 aliphatic carbocycles. The summed E-state index contributed by atoms with van der Waals surface area (Å²) < 4.78 is 17.2. The molecule has 2 N–H and O–H groups in total. The molecule has 106 valence electrons. The topological polar surface area (TPSA) is 53.7 Å². The number of methoxy groups -OCH3 is 2. The minimum atomic E-state index is -0.0970. The number of hydrogen-bond donors (Lipinski definition) is 1. The molecule has 2 atom stereocenters. The molecule has 1 heterocycles. The van der Waals surface area contributed by atoms with Gasteiger partial charge in [-0.1, -0.05) is 0 Å². The van der Waals surface area contributed by atoms with Gasteiger partial charge in [0.2, 0.25) is 0 Å². The second-order valence-corrected chi connectivity index (χ2v) is 5.47. The first-order valence-electron chi connectivity index (χ1n) is 6.45. The number of benzene rings is 1. The first kappa shape index (κ1) is 14.6. The SMILES string of the molecule is COc1ccc(C(N)CC2CCCO2)c(OC)c1Br. The van der Waals surface area contributed by atoms with Crippen molar-refractivity contribution in [2.75, 3.05) is 20.8 Å². The lowest BCUT2D eigenvalue weighted by molar-refractivity contribution is 0.0981. The molecular weight excluding hydrogens is 310 g/mol. The van der Waals surface area contributed by atoms with E-state index in [2.05, 4.69) is 15.9 Å². The molecule has 1 aromatic carbocycles. The van der Waals surface area contributed by atoms with E-state index in [1.54, 1.807) is 14.2 Å². The van der Waals surface area contributed by atoms with Crippen LogP contribution in [-0.2, 0) is 4.74 Å². The Morgan fingerprint density at radius 2 is 2.21 bits per heavy atom. The normalized spacial score (nSPS) is 20.3. The van der Waals surface area contributed by atoms with E-state index in [0.717, 1.165) is 47.4 Å². The first-order chi connectivity index (χ1) is 9.17.